The highest BCUT2D eigenvalue weighted by Crippen LogP contribution is 2.35. The largest absolute Gasteiger partial charge is 0.292 e. The summed E-state index contributed by atoms with van der Waals surface area (Å²) < 4.78 is 13.1. The first-order valence-corrected chi connectivity index (χ1v) is 9.10. The number of hydrogen-bond donors (Lipinski definition) is 0. The van der Waals surface area contributed by atoms with E-state index < -0.39 is 0 Å². The van der Waals surface area contributed by atoms with Crippen LogP contribution in [0.15, 0.2) is 36.7 Å². The zero-order valence-corrected chi connectivity index (χ0v) is 14.0. The molecule has 0 bridgehead atoms. The molecule has 3 nitrogen and oxygen atoms in total. The molecule has 0 spiro atoms. The molecule has 1 aliphatic heterocycles. The highest BCUT2D eigenvalue weighted by atomic mass is 19.1. The van der Waals surface area contributed by atoms with Gasteiger partial charge in [0.1, 0.15) is 11.6 Å². The molecule has 2 heterocycles. The molecule has 126 valence electrons. The Morgan fingerprint density at radius 1 is 0.958 bits per heavy atom. The Labute approximate surface area is 142 Å². The van der Waals surface area contributed by atoms with Crippen LogP contribution in [0.4, 0.5) is 4.39 Å². The van der Waals surface area contributed by atoms with Crippen LogP contribution in [0.5, 0.6) is 0 Å². The summed E-state index contributed by atoms with van der Waals surface area (Å²) in [5, 5.41) is 0. The van der Waals surface area contributed by atoms with E-state index in [0.717, 1.165) is 25.3 Å². The van der Waals surface area contributed by atoms with Gasteiger partial charge >= 0.3 is 0 Å². The summed E-state index contributed by atoms with van der Waals surface area (Å²) in [5.41, 5.74) is 2.36. The standard InChI is InChI=1S/C20H24FN3/c21-18-8-6-16(7-9-18)19-10-11-24(19)14-15-12-22-20(23-13-15)17-4-2-1-3-5-17/h6-9,12-13,17,19H,1-5,10-11,14H2/t19-/m0/s1. The molecule has 2 fully saturated rings. The molecule has 0 amide bonds. The maximum atomic E-state index is 13.1. The predicted molar refractivity (Wildman–Crippen MR) is 92.0 cm³/mol. The smallest absolute Gasteiger partial charge is 0.131 e. The summed E-state index contributed by atoms with van der Waals surface area (Å²) in [4.78, 5) is 11.7. The van der Waals surface area contributed by atoms with E-state index in [1.165, 1.54) is 43.2 Å². The Morgan fingerprint density at radius 2 is 1.67 bits per heavy atom. The van der Waals surface area contributed by atoms with Crippen molar-refractivity contribution in [2.75, 3.05) is 6.54 Å². The van der Waals surface area contributed by atoms with Crippen molar-refractivity contribution >= 4 is 0 Å². The maximum absolute atomic E-state index is 13.1. The minimum atomic E-state index is -0.170. The molecule has 4 heteroatoms. The number of hydrogen-bond acceptors (Lipinski definition) is 3. The molecule has 0 N–H and O–H groups in total. The lowest BCUT2D eigenvalue weighted by Gasteiger charge is -2.41. The van der Waals surface area contributed by atoms with Gasteiger partial charge in [-0.15, -0.1) is 0 Å². The minimum absolute atomic E-state index is 0.170. The van der Waals surface area contributed by atoms with Gasteiger partial charge in [0.2, 0.25) is 0 Å². The van der Waals surface area contributed by atoms with Gasteiger partial charge in [-0.05, 0) is 37.0 Å². The fourth-order valence-corrected chi connectivity index (χ4v) is 3.94. The number of likely N-dealkylation sites (tertiary alicyclic amines) is 1. The number of benzene rings is 1. The monoisotopic (exact) mass is 325 g/mol. The van der Waals surface area contributed by atoms with Crippen molar-refractivity contribution < 1.29 is 4.39 Å². The Morgan fingerprint density at radius 3 is 2.29 bits per heavy atom. The molecule has 1 saturated heterocycles. The molecule has 0 radical (unpaired) electrons. The Kier molecular flexibility index (Phi) is 4.56. The quantitative estimate of drug-likeness (QED) is 0.822. The molecule has 2 aliphatic rings. The number of aromatic nitrogens is 2. The lowest BCUT2D eigenvalue weighted by molar-refractivity contribution is 0.0816. The third kappa shape index (κ3) is 3.34. The lowest BCUT2D eigenvalue weighted by atomic mass is 9.88. The Balaban J connectivity index is 1.39. The summed E-state index contributed by atoms with van der Waals surface area (Å²) in [6.07, 6.45) is 11.6. The second-order valence-electron chi connectivity index (χ2n) is 7.11. The predicted octanol–water partition coefficient (Wildman–Crippen LogP) is 4.61. The summed E-state index contributed by atoms with van der Waals surface area (Å²) in [6.45, 7) is 1.94. The molecule has 1 aromatic heterocycles. The first kappa shape index (κ1) is 15.7. The third-order valence-corrected chi connectivity index (χ3v) is 5.47. The van der Waals surface area contributed by atoms with Gasteiger partial charge in [-0.2, -0.15) is 0 Å². The van der Waals surface area contributed by atoms with Crippen molar-refractivity contribution in [3.63, 3.8) is 0 Å². The molecule has 1 aromatic carbocycles. The van der Waals surface area contributed by atoms with Crippen LogP contribution in [0.3, 0.4) is 0 Å². The van der Waals surface area contributed by atoms with Crippen molar-refractivity contribution in [2.24, 2.45) is 0 Å². The van der Waals surface area contributed by atoms with Gasteiger partial charge < -0.3 is 0 Å². The SMILES string of the molecule is Fc1ccc([C@@H]2CCN2Cc2cnc(C3CCCCC3)nc2)cc1. The van der Waals surface area contributed by atoms with Crippen LogP contribution in [-0.4, -0.2) is 21.4 Å². The zero-order chi connectivity index (χ0) is 16.4. The Bertz CT molecular complexity index is 662. The van der Waals surface area contributed by atoms with Crippen LogP contribution in [-0.2, 0) is 6.54 Å². The van der Waals surface area contributed by atoms with Crippen LogP contribution in [0.2, 0.25) is 0 Å². The summed E-state index contributed by atoms with van der Waals surface area (Å²) in [7, 11) is 0. The van der Waals surface area contributed by atoms with E-state index >= 15 is 0 Å². The van der Waals surface area contributed by atoms with Gasteiger partial charge in [-0.25, -0.2) is 14.4 Å². The molecule has 24 heavy (non-hydrogen) atoms. The van der Waals surface area contributed by atoms with Crippen molar-refractivity contribution in [1.82, 2.24) is 14.9 Å². The van der Waals surface area contributed by atoms with Gasteiger partial charge in [0.05, 0.1) is 0 Å². The average Bonchev–Trinajstić information content (AvgIpc) is 2.62. The van der Waals surface area contributed by atoms with E-state index in [-0.39, 0.29) is 5.82 Å². The van der Waals surface area contributed by atoms with E-state index in [0.29, 0.717) is 12.0 Å². The van der Waals surface area contributed by atoms with E-state index in [1.807, 2.05) is 24.5 Å². The van der Waals surface area contributed by atoms with Crippen molar-refractivity contribution in [2.45, 2.75) is 57.0 Å². The molecule has 1 atom stereocenters. The topological polar surface area (TPSA) is 29.0 Å². The number of halogens is 1. The molecule has 0 unspecified atom stereocenters. The van der Waals surface area contributed by atoms with E-state index in [9.17, 15) is 4.39 Å². The normalized spacial score (nSPS) is 22.3. The van der Waals surface area contributed by atoms with Crippen LogP contribution in [0.1, 0.15) is 67.4 Å². The van der Waals surface area contributed by atoms with Gasteiger partial charge in [0.15, 0.2) is 0 Å². The van der Waals surface area contributed by atoms with Gasteiger partial charge in [0, 0.05) is 43.0 Å². The highest BCUT2D eigenvalue weighted by Gasteiger charge is 2.29. The maximum Gasteiger partial charge on any atom is 0.131 e. The van der Waals surface area contributed by atoms with Crippen molar-refractivity contribution in [3.8, 4) is 0 Å². The number of nitrogens with zero attached hydrogens (tertiary/aromatic N) is 3. The molecule has 4 rings (SSSR count). The van der Waals surface area contributed by atoms with E-state index in [1.54, 1.807) is 12.1 Å². The first-order valence-electron chi connectivity index (χ1n) is 9.10. The van der Waals surface area contributed by atoms with Gasteiger partial charge in [-0.1, -0.05) is 31.4 Å². The third-order valence-electron chi connectivity index (χ3n) is 5.47. The molecule has 2 aromatic rings. The molecular formula is C20H24FN3. The van der Waals surface area contributed by atoms with Gasteiger partial charge in [-0.3, -0.25) is 4.90 Å². The van der Waals surface area contributed by atoms with Crippen LogP contribution >= 0.6 is 0 Å². The highest BCUT2D eigenvalue weighted by molar-refractivity contribution is 5.22. The lowest BCUT2D eigenvalue weighted by Crippen LogP contribution is -2.40. The minimum Gasteiger partial charge on any atom is -0.292 e. The molecule has 1 aliphatic carbocycles. The van der Waals surface area contributed by atoms with Crippen molar-refractivity contribution in [3.05, 3.63) is 59.4 Å². The summed E-state index contributed by atoms with van der Waals surface area (Å²) in [5.74, 6) is 1.41. The summed E-state index contributed by atoms with van der Waals surface area (Å²) in [6, 6.07) is 7.29. The zero-order valence-electron chi connectivity index (χ0n) is 14.0. The summed E-state index contributed by atoms with van der Waals surface area (Å²) >= 11 is 0. The van der Waals surface area contributed by atoms with Crippen molar-refractivity contribution in [1.29, 1.82) is 0 Å². The molecular weight excluding hydrogens is 301 g/mol. The van der Waals surface area contributed by atoms with Crippen LogP contribution in [0, 0.1) is 5.82 Å². The van der Waals surface area contributed by atoms with E-state index in [2.05, 4.69) is 14.9 Å². The fraction of sp³-hybridized carbons (Fsp3) is 0.500. The average molecular weight is 325 g/mol. The first-order chi connectivity index (χ1) is 11.8. The number of rotatable bonds is 4. The van der Waals surface area contributed by atoms with Crippen LogP contribution < -0.4 is 0 Å². The van der Waals surface area contributed by atoms with E-state index in [4.69, 9.17) is 0 Å². The Hall–Kier alpha value is -1.81. The second kappa shape index (κ2) is 6.98. The fourth-order valence-electron chi connectivity index (χ4n) is 3.94. The van der Waals surface area contributed by atoms with Gasteiger partial charge in [0.25, 0.3) is 0 Å². The molecule has 1 saturated carbocycles. The second-order valence-corrected chi connectivity index (χ2v) is 7.11. The van der Waals surface area contributed by atoms with Crippen LogP contribution in [0.25, 0.3) is 0 Å².